The van der Waals surface area contributed by atoms with Crippen LogP contribution in [0.25, 0.3) is 0 Å². The number of esters is 1. The quantitative estimate of drug-likeness (QED) is 0.210. The van der Waals surface area contributed by atoms with E-state index < -0.39 is 28.7 Å². The number of benzene rings is 4. The number of fused-ring (bicyclic) bond motifs is 6. The summed E-state index contributed by atoms with van der Waals surface area (Å²) in [5.41, 5.74) is 1.74. The summed E-state index contributed by atoms with van der Waals surface area (Å²) < 4.78 is 17.8. The van der Waals surface area contributed by atoms with Gasteiger partial charge in [0.1, 0.15) is 23.0 Å². The largest absolute Gasteiger partial charge is 0.508 e. The first-order valence-electron chi connectivity index (χ1n) is 17.3. The molecule has 4 heterocycles. The Morgan fingerprint density at radius 3 is 2.28 bits per heavy atom. The Balaban J connectivity index is 0.000000127. The highest BCUT2D eigenvalue weighted by Gasteiger charge is 2.73. The molecule has 10 nitrogen and oxygen atoms in total. The third kappa shape index (κ3) is 3.75. The second-order valence-corrected chi connectivity index (χ2v) is 14.8. The summed E-state index contributed by atoms with van der Waals surface area (Å²) in [5.74, 6) is 1.80. The predicted octanol–water partition coefficient (Wildman–Crippen LogP) is 5.19. The first-order chi connectivity index (χ1) is 24.1. The minimum absolute atomic E-state index is 0.0371. The Labute approximate surface area is 287 Å². The fraction of sp³-hybridized carbons (Fsp3) is 0.350. The van der Waals surface area contributed by atoms with Crippen LogP contribution in [0.4, 0.5) is 0 Å². The minimum atomic E-state index is -1.17. The highest BCUT2D eigenvalue weighted by molar-refractivity contribution is 5.97. The van der Waals surface area contributed by atoms with Crippen molar-refractivity contribution >= 4 is 11.8 Å². The van der Waals surface area contributed by atoms with E-state index in [9.17, 15) is 30.0 Å². The second-order valence-electron chi connectivity index (χ2n) is 14.8. The van der Waals surface area contributed by atoms with Gasteiger partial charge in [-0.1, -0.05) is 24.3 Å². The van der Waals surface area contributed by atoms with Crippen LogP contribution < -0.4 is 9.47 Å². The topological polar surface area (TPSA) is 146 Å². The number of carbonyl (C=O) groups excluding carboxylic acids is 2. The Hall–Kier alpha value is -5.06. The average Bonchev–Trinajstić information content (AvgIpc) is 3.77. The van der Waals surface area contributed by atoms with Crippen molar-refractivity contribution in [1.82, 2.24) is 4.90 Å². The smallest absolute Gasteiger partial charge is 0.340 e. The van der Waals surface area contributed by atoms with Crippen LogP contribution in [0, 0.1) is 5.92 Å². The highest BCUT2D eigenvalue weighted by Crippen LogP contribution is 2.65. The molecule has 4 aromatic carbocycles. The van der Waals surface area contributed by atoms with E-state index in [1.807, 2.05) is 18.2 Å². The third-order valence-electron chi connectivity index (χ3n) is 12.2. The molecule has 3 fully saturated rings. The van der Waals surface area contributed by atoms with Crippen molar-refractivity contribution in [3.63, 3.8) is 0 Å². The van der Waals surface area contributed by atoms with Crippen LogP contribution >= 0.6 is 0 Å². The van der Waals surface area contributed by atoms with Gasteiger partial charge in [0, 0.05) is 53.4 Å². The van der Waals surface area contributed by atoms with Crippen molar-refractivity contribution in [1.29, 1.82) is 0 Å². The predicted molar refractivity (Wildman–Crippen MR) is 178 cm³/mol. The van der Waals surface area contributed by atoms with Crippen molar-refractivity contribution < 1.29 is 44.2 Å². The van der Waals surface area contributed by atoms with Crippen LogP contribution in [0.1, 0.15) is 70.3 Å². The molecule has 50 heavy (non-hydrogen) atoms. The van der Waals surface area contributed by atoms with E-state index in [4.69, 9.17) is 14.2 Å². The van der Waals surface area contributed by atoms with E-state index >= 15 is 0 Å². The third-order valence-corrected chi connectivity index (χ3v) is 12.2. The number of hydrogen-bond donors (Lipinski definition) is 4. The van der Waals surface area contributed by atoms with E-state index in [0.29, 0.717) is 52.3 Å². The normalized spacial score (nSPS) is 28.6. The van der Waals surface area contributed by atoms with Gasteiger partial charge in [-0.3, -0.25) is 9.69 Å². The highest BCUT2D eigenvalue weighted by atomic mass is 16.6. The lowest BCUT2D eigenvalue weighted by Crippen LogP contribution is -2.76. The summed E-state index contributed by atoms with van der Waals surface area (Å²) in [7, 11) is 0. The molecule has 2 saturated carbocycles. The maximum absolute atomic E-state index is 12.7. The van der Waals surface area contributed by atoms with Gasteiger partial charge in [-0.2, -0.15) is 0 Å². The molecule has 4 atom stereocenters. The zero-order valence-electron chi connectivity index (χ0n) is 27.1. The number of phenols is 3. The van der Waals surface area contributed by atoms with E-state index in [-0.39, 0.29) is 29.1 Å². The number of hydrogen-bond acceptors (Lipinski definition) is 10. The van der Waals surface area contributed by atoms with Crippen molar-refractivity contribution in [2.45, 2.75) is 67.3 Å². The van der Waals surface area contributed by atoms with Crippen molar-refractivity contribution in [3.05, 3.63) is 106 Å². The molecule has 3 aliphatic carbocycles. The summed E-state index contributed by atoms with van der Waals surface area (Å²) >= 11 is 0. The Bertz CT molecular complexity index is 2110. The van der Waals surface area contributed by atoms with Crippen LogP contribution in [0.5, 0.6) is 34.5 Å². The van der Waals surface area contributed by atoms with Gasteiger partial charge in [0.25, 0.3) is 0 Å². The molecule has 0 amide bonds. The number of ether oxygens (including phenoxy) is 3. The Kier molecular flexibility index (Phi) is 5.97. The Morgan fingerprint density at radius 2 is 1.56 bits per heavy atom. The maximum Gasteiger partial charge on any atom is 0.340 e. The zero-order valence-corrected chi connectivity index (χ0v) is 27.1. The van der Waals surface area contributed by atoms with Crippen molar-refractivity contribution in [2.24, 2.45) is 5.92 Å². The minimum Gasteiger partial charge on any atom is -0.508 e. The molecule has 0 unspecified atom stereocenters. The van der Waals surface area contributed by atoms with Gasteiger partial charge in [0.15, 0.2) is 29.0 Å². The van der Waals surface area contributed by atoms with Crippen LogP contribution in [0.3, 0.4) is 0 Å². The lowest BCUT2D eigenvalue weighted by atomic mass is 9.49. The van der Waals surface area contributed by atoms with Crippen molar-refractivity contribution in [3.8, 4) is 34.5 Å². The number of nitrogens with zero attached hydrogens (tertiary/aromatic N) is 1. The number of aromatic hydroxyl groups is 3. The van der Waals surface area contributed by atoms with Gasteiger partial charge < -0.3 is 34.6 Å². The molecule has 2 spiro atoms. The zero-order chi connectivity index (χ0) is 34.2. The molecular weight excluding hydrogens is 638 g/mol. The number of Topliss-reactive ketones (excluding diaryl/α,β-unsaturated/α-hetero) is 1. The van der Waals surface area contributed by atoms with Crippen LogP contribution in [0.2, 0.25) is 0 Å². The molecule has 0 aromatic heterocycles. The molecule has 10 heteroatoms. The molecule has 4 aliphatic heterocycles. The van der Waals surface area contributed by atoms with Gasteiger partial charge in [-0.25, -0.2) is 4.79 Å². The van der Waals surface area contributed by atoms with Crippen LogP contribution in [0.15, 0.2) is 72.8 Å². The summed E-state index contributed by atoms with van der Waals surface area (Å²) in [4.78, 5) is 27.7. The molecule has 254 valence electrons. The number of carbonyl (C=O) groups is 2. The van der Waals surface area contributed by atoms with E-state index in [1.165, 1.54) is 37.1 Å². The molecular formula is C40H35NO9. The van der Waals surface area contributed by atoms with E-state index in [1.54, 1.807) is 30.3 Å². The fourth-order valence-corrected chi connectivity index (χ4v) is 9.92. The van der Waals surface area contributed by atoms with Gasteiger partial charge in [0.2, 0.25) is 0 Å². The number of rotatable bonds is 2. The SMILES string of the molecule is O=C1CC[C@@]2(O)[C@H]3Cc4ccc(O)c5c4[C@@]2(CCN3CC2CC2)[C@H]1O5.O=C1OC2(c3ccc(O)cc3Oc3cc(O)ccc32)c2ccccc21. The summed E-state index contributed by atoms with van der Waals surface area (Å²) in [6.07, 6.45) is 4.33. The van der Waals surface area contributed by atoms with Crippen LogP contribution in [-0.4, -0.2) is 67.9 Å². The summed E-state index contributed by atoms with van der Waals surface area (Å²) in [6, 6.07) is 20.3. The number of phenolic OH excluding ortho intramolecular Hbond substituents is 3. The fourth-order valence-electron chi connectivity index (χ4n) is 9.92. The van der Waals surface area contributed by atoms with Gasteiger partial charge in [-0.05, 0) is 86.5 Å². The first kappa shape index (κ1) is 29.8. The molecule has 1 saturated heterocycles. The molecule has 2 bridgehead atoms. The van der Waals surface area contributed by atoms with Crippen LogP contribution in [-0.2, 0) is 27.0 Å². The van der Waals surface area contributed by atoms with Crippen molar-refractivity contribution in [2.75, 3.05) is 13.1 Å². The maximum atomic E-state index is 12.7. The molecule has 11 rings (SSSR count). The number of ketones is 1. The molecule has 4 N–H and O–H groups in total. The lowest BCUT2D eigenvalue weighted by molar-refractivity contribution is -0.188. The summed E-state index contributed by atoms with van der Waals surface area (Å²) in [6.45, 7) is 1.95. The number of likely N-dealkylation sites (tertiary alicyclic amines) is 1. The van der Waals surface area contributed by atoms with Gasteiger partial charge in [0.05, 0.1) is 16.6 Å². The number of piperidine rings is 1. The molecule has 0 radical (unpaired) electrons. The van der Waals surface area contributed by atoms with E-state index in [2.05, 4.69) is 4.90 Å². The summed E-state index contributed by atoms with van der Waals surface area (Å²) in [5, 5.41) is 42.0. The van der Waals surface area contributed by atoms with Gasteiger partial charge >= 0.3 is 5.97 Å². The molecule has 7 aliphatic rings. The van der Waals surface area contributed by atoms with E-state index in [0.717, 1.165) is 43.0 Å². The monoisotopic (exact) mass is 673 g/mol. The Morgan fingerprint density at radius 1 is 0.840 bits per heavy atom. The lowest BCUT2D eigenvalue weighted by Gasteiger charge is -2.62. The number of aliphatic hydroxyl groups is 1. The standard InChI is InChI=1S/C20H23NO4.C20H12O5/c22-13-4-3-12-9-15-20(24)6-5-14(23)18-19(20,16(12)17(13)25-18)7-8-21(15)10-11-1-2-11;21-11-5-7-15-17(9-11)24-18-10-12(22)6-8-16(18)20(15)14-4-2-1-3-13(14)19(23)25-20/h3-4,11,15,18,22,24H,1-2,5-10H2;1-10,21-22H/t15-,18+,19+,20-;/m1./s1. The molecule has 4 aromatic rings. The second kappa shape index (κ2) is 10.0. The average molecular weight is 674 g/mol. The van der Waals surface area contributed by atoms with Gasteiger partial charge in [-0.15, -0.1) is 0 Å². The first-order valence-corrected chi connectivity index (χ1v) is 17.3.